The summed E-state index contributed by atoms with van der Waals surface area (Å²) >= 11 is 0. The van der Waals surface area contributed by atoms with Gasteiger partial charge in [-0.1, -0.05) is 6.07 Å². The maximum absolute atomic E-state index is 12.3. The van der Waals surface area contributed by atoms with Crippen molar-refractivity contribution in [1.82, 2.24) is 10.2 Å². The molecule has 3 rings (SSSR count). The molecule has 3 aromatic rings. The lowest BCUT2D eigenvalue weighted by Gasteiger charge is -2.08. The molecule has 2 aromatic carbocycles. The van der Waals surface area contributed by atoms with Crippen LogP contribution in [0, 0.1) is 13.8 Å². The number of ether oxygens (including phenoxy) is 1. The Bertz CT molecular complexity index is 886. The first-order chi connectivity index (χ1) is 12.5. The first-order valence-electron chi connectivity index (χ1n) is 8.18. The zero-order valence-electron chi connectivity index (χ0n) is 14.9. The lowest BCUT2D eigenvalue weighted by atomic mass is 10.1. The second-order valence-electron chi connectivity index (χ2n) is 5.99. The summed E-state index contributed by atoms with van der Waals surface area (Å²) in [6, 6.07) is 16.6. The molecule has 0 aliphatic carbocycles. The van der Waals surface area contributed by atoms with E-state index in [0.717, 1.165) is 22.6 Å². The van der Waals surface area contributed by atoms with E-state index < -0.39 is 0 Å². The van der Waals surface area contributed by atoms with Crippen LogP contribution in [-0.2, 0) is 0 Å². The molecule has 132 valence electrons. The summed E-state index contributed by atoms with van der Waals surface area (Å²) in [6.07, 6.45) is 0. The van der Waals surface area contributed by atoms with Crippen molar-refractivity contribution in [1.29, 1.82) is 0 Å². The molecule has 0 radical (unpaired) electrons. The molecule has 0 aliphatic rings. The van der Waals surface area contributed by atoms with E-state index in [4.69, 9.17) is 4.74 Å². The number of nitrogens with zero attached hydrogens (tertiary/aromatic N) is 2. The average Bonchev–Trinajstić information content (AvgIpc) is 2.62. The third-order valence-corrected chi connectivity index (χ3v) is 3.74. The summed E-state index contributed by atoms with van der Waals surface area (Å²) in [5.41, 5.74) is 4.17. The summed E-state index contributed by atoms with van der Waals surface area (Å²) in [4.78, 5) is 12.3. The minimum Gasteiger partial charge on any atom is -0.497 e. The molecule has 2 N–H and O–H groups in total. The zero-order valence-corrected chi connectivity index (χ0v) is 14.9. The van der Waals surface area contributed by atoms with Crippen molar-refractivity contribution in [3.63, 3.8) is 0 Å². The topological polar surface area (TPSA) is 76.1 Å². The molecule has 0 saturated carbocycles. The number of methoxy groups -OCH3 is 1. The number of carbonyl (C=O) groups is 1. The number of aromatic nitrogens is 2. The van der Waals surface area contributed by atoms with Crippen LogP contribution in [0.3, 0.4) is 0 Å². The fraction of sp³-hybridized carbons (Fsp3) is 0.150. The number of amides is 1. The van der Waals surface area contributed by atoms with Gasteiger partial charge in [-0.25, -0.2) is 0 Å². The van der Waals surface area contributed by atoms with Gasteiger partial charge in [0.15, 0.2) is 11.5 Å². The fourth-order valence-electron chi connectivity index (χ4n) is 2.58. The quantitative estimate of drug-likeness (QED) is 0.726. The molecule has 0 spiro atoms. The minimum atomic E-state index is -0.319. The predicted molar refractivity (Wildman–Crippen MR) is 102 cm³/mol. The van der Waals surface area contributed by atoms with Crippen molar-refractivity contribution in [3.05, 3.63) is 71.4 Å². The van der Waals surface area contributed by atoms with Gasteiger partial charge < -0.3 is 15.4 Å². The van der Waals surface area contributed by atoms with Crippen molar-refractivity contribution in [2.24, 2.45) is 0 Å². The summed E-state index contributed by atoms with van der Waals surface area (Å²) < 4.78 is 5.09. The number of hydrogen-bond acceptors (Lipinski definition) is 5. The van der Waals surface area contributed by atoms with Crippen molar-refractivity contribution in [3.8, 4) is 5.75 Å². The average molecular weight is 348 g/mol. The van der Waals surface area contributed by atoms with Crippen LogP contribution in [0.4, 0.5) is 17.2 Å². The molecule has 0 saturated heterocycles. The van der Waals surface area contributed by atoms with Crippen LogP contribution < -0.4 is 15.4 Å². The first kappa shape index (κ1) is 17.4. The number of hydrogen-bond donors (Lipinski definition) is 2. The Kier molecular flexibility index (Phi) is 5.12. The molecule has 6 heteroatoms. The standard InChI is InChI=1S/C20H20N4O2/c1-13-10-14(2)12-16(11-13)21-19-9-8-18(23-24-19)20(25)22-15-4-6-17(26-3)7-5-15/h4-12H,1-3H3,(H,21,24)(H,22,25). The van der Waals surface area contributed by atoms with Crippen LogP contribution in [0.25, 0.3) is 0 Å². The van der Waals surface area contributed by atoms with Gasteiger partial charge in [0, 0.05) is 11.4 Å². The van der Waals surface area contributed by atoms with Crippen LogP contribution in [0.1, 0.15) is 21.6 Å². The number of rotatable bonds is 5. The van der Waals surface area contributed by atoms with E-state index >= 15 is 0 Å². The van der Waals surface area contributed by atoms with Gasteiger partial charge in [-0.3, -0.25) is 4.79 Å². The zero-order chi connectivity index (χ0) is 18.5. The minimum absolute atomic E-state index is 0.242. The van der Waals surface area contributed by atoms with Crippen LogP contribution in [-0.4, -0.2) is 23.2 Å². The third kappa shape index (κ3) is 4.36. The van der Waals surface area contributed by atoms with Gasteiger partial charge in [0.2, 0.25) is 0 Å². The molecule has 0 atom stereocenters. The van der Waals surface area contributed by atoms with Crippen LogP contribution in [0.2, 0.25) is 0 Å². The normalized spacial score (nSPS) is 10.3. The Morgan fingerprint density at radius 1 is 0.885 bits per heavy atom. The fourth-order valence-corrected chi connectivity index (χ4v) is 2.58. The molecule has 1 amide bonds. The van der Waals surface area contributed by atoms with E-state index in [2.05, 4.69) is 26.9 Å². The molecule has 26 heavy (non-hydrogen) atoms. The Balaban J connectivity index is 1.67. The molecular weight excluding hydrogens is 328 g/mol. The first-order valence-corrected chi connectivity index (χ1v) is 8.18. The number of aryl methyl sites for hydroxylation is 2. The molecule has 1 aromatic heterocycles. The monoisotopic (exact) mass is 348 g/mol. The van der Waals surface area contributed by atoms with Crippen molar-refractivity contribution < 1.29 is 9.53 Å². The SMILES string of the molecule is COc1ccc(NC(=O)c2ccc(Nc3cc(C)cc(C)c3)nn2)cc1. The molecule has 0 aliphatic heterocycles. The van der Waals surface area contributed by atoms with Gasteiger partial charge in [-0.2, -0.15) is 0 Å². The summed E-state index contributed by atoms with van der Waals surface area (Å²) in [5, 5.41) is 14.1. The highest BCUT2D eigenvalue weighted by molar-refractivity contribution is 6.02. The van der Waals surface area contributed by atoms with Gasteiger partial charge in [0.05, 0.1) is 7.11 Å². The van der Waals surface area contributed by atoms with Crippen LogP contribution in [0.15, 0.2) is 54.6 Å². The largest absolute Gasteiger partial charge is 0.497 e. The molecule has 0 bridgehead atoms. The van der Waals surface area contributed by atoms with Gasteiger partial charge in [0.1, 0.15) is 5.75 Å². The van der Waals surface area contributed by atoms with Gasteiger partial charge in [-0.15, -0.1) is 10.2 Å². The van der Waals surface area contributed by atoms with Crippen molar-refractivity contribution in [2.75, 3.05) is 17.7 Å². The number of anilines is 3. The maximum Gasteiger partial charge on any atom is 0.276 e. The van der Waals surface area contributed by atoms with E-state index in [1.165, 1.54) is 0 Å². The third-order valence-electron chi connectivity index (χ3n) is 3.74. The molecule has 0 fully saturated rings. The maximum atomic E-state index is 12.3. The Hall–Kier alpha value is -3.41. The molecule has 1 heterocycles. The molecule has 6 nitrogen and oxygen atoms in total. The van der Waals surface area contributed by atoms with E-state index in [1.54, 1.807) is 43.5 Å². The lowest BCUT2D eigenvalue weighted by molar-refractivity contribution is 0.102. The van der Waals surface area contributed by atoms with Gasteiger partial charge in [-0.05, 0) is 73.5 Å². The predicted octanol–water partition coefficient (Wildman–Crippen LogP) is 4.10. The lowest BCUT2D eigenvalue weighted by Crippen LogP contribution is -2.14. The van der Waals surface area contributed by atoms with Gasteiger partial charge in [0.25, 0.3) is 5.91 Å². The summed E-state index contributed by atoms with van der Waals surface area (Å²) in [6.45, 7) is 4.08. The van der Waals surface area contributed by atoms with Crippen molar-refractivity contribution in [2.45, 2.75) is 13.8 Å². The Labute approximate surface area is 152 Å². The highest BCUT2D eigenvalue weighted by atomic mass is 16.5. The highest BCUT2D eigenvalue weighted by Crippen LogP contribution is 2.18. The second kappa shape index (κ2) is 7.65. The molecule has 0 unspecified atom stereocenters. The number of benzene rings is 2. The van der Waals surface area contributed by atoms with Crippen LogP contribution >= 0.6 is 0 Å². The summed E-state index contributed by atoms with van der Waals surface area (Å²) in [7, 11) is 1.59. The number of nitrogens with one attached hydrogen (secondary N) is 2. The van der Waals surface area contributed by atoms with E-state index in [9.17, 15) is 4.79 Å². The van der Waals surface area contributed by atoms with E-state index in [0.29, 0.717) is 11.5 Å². The van der Waals surface area contributed by atoms with Crippen LogP contribution in [0.5, 0.6) is 5.75 Å². The molecular formula is C20H20N4O2. The smallest absolute Gasteiger partial charge is 0.276 e. The Morgan fingerprint density at radius 2 is 1.58 bits per heavy atom. The highest BCUT2D eigenvalue weighted by Gasteiger charge is 2.09. The van der Waals surface area contributed by atoms with E-state index in [-0.39, 0.29) is 11.6 Å². The van der Waals surface area contributed by atoms with E-state index in [1.807, 2.05) is 26.0 Å². The van der Waals surface area contributed by atoms with Crippen molar-refractivity contribution >= 4 is 23.1 Å². The second-order valence-corrected chi connectivity index (χ2v) is 5.99. The van der Waals surface area contributed by atoms with Gasteiger partial charge >= 0.3 is 0 Å². The number of carbonyl (C=O) groups excluding carboxylic acids is 1. The summed E-state index contributed by atoms with van der Waals surface area (Å²) in [5.74, 6) is 0.987. The Morgan fingerprint density at radius 3 is 2.15 bits per heavy atom.